The summed E-state index contributed by atoms with van der Waals surface area (Å²) in [5.74, 6) is 0. The molecule has 0 saturated carbocycles. The van der Waals surface area contributed by atoms with E-state index in [1.807, 2.05) is 4.90 Å². The van der Waals surface area contributed by atoms with E-state index in [2.05, 4.69) is 6.92 Å². The number of rotatable bonds is 4. The van der Waals surface area contributed by atoms with Crippen LogP contribution in [0.15, 0.2) is 0 Å². The fraction of sp³-hybridized carbons (Fsp3) is 1.00. The molecule has 1 aliphatic rings. The third-order valence-electron chi connectivity index (χ3n) is 3.01. The maximum absolute atomic E-state index is 9.67. The minimum Gasteiger partial charge on any atom is -0.395 e. The normalized spacial score (nSPS) is 38.2. The van der Waals surface area contributed by atoms with Crippen LogP contribution < -0.4 is 0 Å². The smallest absolute Gasteiger partial charge is 0.109 e. The minimum absolute atomic E-state index is 0.200. The van der Waals surface area contributed by atoms with Gasteiger partial charge in [-0.1, -0.05) is 13.3 Å². The van der Waals surface area contributed by atoms with E-state index in [9.17, 15) is 15.3 Å². The molecule has 5 heteroatoms. The molecular formula is C10H21NO4. The number of aliphatic hydroxyl groups excluding tert-OH is 4. The summed E-state index contributed by atoms with van der Waals surface area (Å²) < 4.78 is 0. The molecule has 0 aliphatic carbocycles. The molecule has 1 heterocycles. The lowest BCUT2D eigenvalue weighted by molar-refractivity contribution is -0.145. The van der Waals surface area contributed by atoms with Crippen LogP contribution in [0.4, 0.5) is 0 Å². The second-order valence-electron chi connectivity index (χ2n) is 4.15. The summed E-state index contributed by atoms with van der Waals surface area (Å²) in [4.78, 5) is 1.84. The zero-order valence-corrected chi connectivity index (χ0v) is 9.08. The SMILES string of the molecule is CCCCN1C[C@H](O)[C@H](O)[C@H](O)[C@H]1CO. The van der Waals surface area contributed by atoms with E-state index in [0.29, 0.717) is 6.54 Å². The quantitative estimate of drug-likeness (QED) is 0.465. The molecule has 1 fully saturated rings. The van der Waals surface area contributed by atoms with Gasteiger partial charge in [-0.05, 0) is 13.0 Å². The Hall–Kier alpha value is -0.200. The van der Waals surface area contributed by atoms with Crippen molar-refractivity contribution < 1.29 is 20.4 Å². The van der Waals surface area contributed by atoms with Gasteiger partial charge in [0, 0.05) is 6.54 Å². The van der Waals surface area contributed by atoms with Crippen LogP contribution in [0, 0.1) is 0 Å². The lowest BCUT2D eigenvalue weighted by atomic mass is 9.94. The first kappa shape index (κ1) is 12.9. The molecule has 0 aromatic heterocycles. The first-order valence-electron chi connectivity index (χ1n) is 5.51. The Labute approximate surface area is 90.0 Å². The summed E-state index contributed by atoms with van der Waals surface area (Å²) in [5.41, 5.74) is 0. The van der Waals surface area contributed by atoms with Gasteiger partial charge in [-0.3, -0.25) is 4.90 Å². The molecule has 1 saturated heterocycles. The van der Waals surface area contributed by atoms with Crippen LogP contribution in [0.1, 0.15) is 19.8 Å². The monoisotopic (exact) mass is 219 g/mol. The van der Waals surface area contributed by atoms with Gasteiger partial charge in [-0.15, -0.1) is 0 Å². The van der Waals surface area contributed by atoms with Gasteiger partial charge >= 0.3 is 0 Å². The van der Waals surface area contributed by atoms with Crippen molar-refractivity contribution in [2.75, 3.05) is 19.7 Å². The van der Waals surface area contributed by atoms with Gasteiger partial charge in [-0.2, -0.15) is 0 Å². The van der Waals surface area contributed by atoms with Gasteiger partial charge in [0.2, 0.25) is 0 Å². The Bertz CT molecular complexity index is 190. The topological polar surface area (TPSA) is 84.2 Å². The summed E-state index contributed by atoms with van der Waals surface area (Å²) in [6.45, 7) is 2.89. The number of aliphatic hydroxyl groups is 4. The van der Waals surface area contributed by atoms with Crippen LogP contribution in [0.2, 0.25) is 0 Å². The van der Waals surface area contributed by atoms with E-state index < -0.39 is 24.4 Å². The van der Waals surface area contributed by atoms with Crippen LogP contribution in [0.25, 0.3) is 0 Å². The highest BCUT2D eigenvalue weighted by Crippen LogP contribution is 2.19. The molecule has 1 aliphatic heterocycles. The Morgan fingerprint density at radius 3 is 2.40 bits per heavy atom. The summed E-state index contributed by atoms with van der Waals surface area (Å²) in [6.07, 6.45) is -1.19. The number of hydrogen-bond donors (Lipinski definition) is 4. The van der Waals surface area contributed by atoms with Gasteiger partial charge in [0.05, 0.1) is 18.8 Å². The maximum Gasteiger partial charge on any atom is 0.109 e. The van der Waals surface area contributed by atoms with Gasteiger partial charge in [0.1, 0.15) is 12.2 Å². The van der Waals surface area contributed by atoms with Crippen LogP contribution in [0.5, 0.6) is 0 Å². The molecule has 0 unspecified atom stereocenters. The Morgan fingerprint density at radius 1 is 1.20 bits per heavy atom. The second-order valence-corrected chi connectivity index (χ2v) is 4.15. The standard InChI is InChI=1S/C10H21NO4/c1-2-3-4-11-5-8(13)10(15)9(14)7(11)6-12/h7-10,12-15H,2-6H2,1H3/t7-,8+,9-,10+/m1/s1. The molecule has 0 bridgehead atoms. The second kappa shape index (κ2) is 5.77. The lowest BCUT2D eigenvalue weighted by Crippen LogP contribution is -2.62. The van der Waals surface area contributed by atoms with E-state index >= 15 is 0 Å². The van der Waals surface area contributed by atoms with Crippen molar-refractivity contribution in [2.45, 2.75) is 44.1 Å². The molecule has 0 amide bonds. The molecule has 1 rings (SSSR count). The fourth-order valence-electron chi connectivity index (χ4n) is 2.00. The van der Waals surface area contributed by atoms with Crippen molar-refractivity contribution in [1.82, 2.24) is 4.90 Å². The van der Waals surface area contributed by atoms with Crippen molar-refractivity contribution >= 4 is 0 Å². The number of hydrogen-bond acceptors (Lipinski definition) is 5. The van der Waals surface area contributed by atoms with Crippen LogP contribution in [-0.2, 0) is 0 Å². The summed E-state index contributed by atoms with van der Waals surface area (Å²) in [7, 11) is 0. The summed E-state index contributed by atoms with van der Waals surface area (Å²) >= 11 is 0. The van der Waals surface area contributed by atoms with Crippen molar-refractivity contribution in [3.05, 3.63) is 0 Å². The molecule has 15 heavy (non-hydrogen) atoms. The molecule has 0 radical (unpaired) electrons. The Morgan fingerprint density at radius 2 is 1.87 bits per heavy atom. The highest BCUT2D eigenvalue weighted by molar-refractivity contribution is 4.93. The Balaban J connectivity index is 2.60. The van der Waals surface area contributed by atoms with Crippen molar-refractivity contribution in [2.24, 2.45) is 0 Å². The zero-order valence-electron chi connectivity index (χ0n) is 9.08. The van der Waals surface area contributed by atoms with E-state index in [1.165, 1.54) is 0 Å². The number of likely N-dealkylation sites (tertiary alicyclic amines) is 1. The average Bonchev–Trinajstić information content (AvgIpc) is 2.23. The molecule has 0 aromatic rings. The molecule has 0 aromatic carbocycles. The predicted molar refractivity (Wildman–Crippen MR) is 55.4 cm³/mol. The Kier molecular flexibility index (Phi) is 4.95. The number of nitrogens with zero attached hydrogens (tertiary/aromatic N) is 1. The van der Waals surface area contributed by atoms with Crippen molar-refractivity contribution in [3.63, 3.8) is 0 Å². The molecule has 5 nitrogen and oxygen atoms in total. The van der Waals surface area contributed by atoms with Gasteiger partial charge < -0.3 is 20.4 Å². The number of unbranched alkanes of at least 4 members (excludes halogenated alkanes) is 1. The first-order chi connectivity index (χ1) is 7.11. The summed E-state index contributed by atoms with van der Waals surface area (Å²) in [6, 6.07) is -0.463. The van der Waals surface area contributed by atoms with Gasteiger partial charge in [0.25, 0.3) is 0 Å². The third kappa shape index (κ3) is 2.89. The predicted octanol–water partition coefficient (Wildman–Crippen LogP) is -1.45. The van der Waals surface area contributed by atoms with Crippen LogP contribution in [-0.4, -0.2) is 69.4 Å². The van der Waals surface area contributed by atoms with E-state index in [1.54, 1.807) is 0 Å². The summed E-state index contributed by atoms with van der Waals surface area (Å²) in [5, 5.41) is 37.8. The maximum atomic E-state index is 9.67. The molecular weight excluding hydrogens is 198 g/mol. The zero-order chi connectivity index (χ0) is 11.4. The number of piperidine rings is 1. The average molecular weight is 219 g/mol. The first-order valence-corrected chi connectivity index (χ1v) is 5.51. The van der Waals surface area contributed by atoms with Crippen molar-refractivity contribution in [3.8, 4) is 0 Å². The lowest BCUT2D eigenvalue weighted by Gasteiger charge is -2.43. The van der Waals surface area contributed by atoms with Crippen molar-refractivity contribution in [1.29, 1.82) is 0 Å². The molecule has 90 valence electrons. The van der Waals surface area contributed by atoms with E-state index in [0.717, 1.165) is 19.4 Å². The van der Waals surface area contributed by atoms with Crippen LogP contribution in [0.3, 0.4) is 0 Å². The van der Waals surface area contributed by atoms with E-state index in [4.69, 9.17) is 5.11 Å². The molecule has 4 N–H and O–H groups in total. The van der Waals surface area contributed by atoms with E-state index in [-0.39, 0.29) is 6.61 Å². The minimum atomic E-state index is -1.15. The third-order valence-corrected chi connectivity index (χ3v) is 3.01. The van der Waals surface area contributed by atoms with Crippen LogP contribution >= 0.6 is 0 Å². The number of β-amino-alcohol motifs (C(OH)–C–C–N with tert-alkyl or cyclic N) is 1. The highest BCUT2D eigenvalue weighted by atomic mass is 16.4. The van der Waals surface area contributed by atoms with Gasteiger partial charge in [0.15, 0.2) is 0 Å². The molecule has 4 atom stereocenters. The fourth-order valence-corrected chi connectivity index (χ4v) is 2.00. The largest absolute Gasteiger partial charge is 0.395 e. The van der Waals surface area contributed by atoms with Gasteiger partial charge in [-0.25, -0.2) is 0 Å². The highest BCUT2D eigenvalue weighted by Gasteiger charge is 2.40. The molecule has 0 spiro atoms.